The second-order valence-corrected chi connectivity index (χ2v) is 3.28. The number of hydrogen-bond acceptors (Lipinski definition) is 4. The highest BCUT2D eigenvalue weighted by Crippen LogP contribution is 2.20. The van der Waals surface area contributed by atoms with Gasteiger partial charge < -0.3 is 21.7 Å². The van der Waals surface area contributed by atoms with Gasteiger partial charge in [-0.05, 0) is 6.08 Å². The van der Waals surface area contributed by atoms with Gasteiger partial charge in [0.2, 0.25) is 0 Å². The maximum atomic E-state index is 5.27. The Morgan fingerprint density at radius 3 is 3.21 bits per heavy atom. The zero-order valence-electron chi connectivity index (χ0n) is 8.17. The van der Waals surface area contributed by atoms with E-state index in [1.807, 2.05) is 13.1 Å². The van der Waals surface area contributed by atoms with Crippen LogP contribution in [-0.4, -0.2) is 32.6 Å². The van der Waals surface area contributed by atoms with Crippen LogP contribution in [0.1, 0.15) is 0 Å². The third kappa shape index (κ3) is 1.46. The van der Waals surface area contributed by atoms with Gasteiger partial charge in [0.25, 0.3) is 0 Å². The Kier molecular flexibility index (Phi) is 2.41. The first-order valence-corrected chi connectivity index (χ1v) is 4.67. The van der Waals surface area contributed by atoms with Crippen LogP contribution in [0.2, 0.25) is 0 Å². The molecule has 0 amide bonds. The molecule has 0 fully saturated rings. The Morgan fingerprint density at radius 1 is 1.64 bits per heavy atom. The normalized spacial score (nSPS) is 26.1. The van der Waals surface area contributed by atoms with Crippen LogP contribution in [-0.2, 0) is 0 Å². The molecule has 1 atom stereocenters. The van der Waals surface area contributed by atoms with Crippen LogP contribution in [0.5, 0.6) is 0 Å². The smallest absolute Gasteiger partial charge is 0.141 e. The molecule has 2 rings (SSSR count). The summed E-state index contributed by atoms with van der Waals surface area (Å²) in [5.41, 5.74) is 8.93. The summed E-state index contributed by atoms with van der Waals surface area (Å²) in [7, 11) is 1.92. The van der Waals surface area contributed by atoms with E-state index in [4.69, 9.17) is 5.73 Å². The Labute approximate surface area is 83.2 Å². The van der Waals surface area contributed by atoms with Gasteiger partial charge in [0.1, 0.15) is 6.17 Å². The molecule has 0 saturated heterocycles. The van der Waals surface area contributed by atoms with Crippen LogP contribution in [0.3, 0.4) is 0 Å². The average Bonchev–Trinajstić information content (AvgIpc) is 2.65. The van der Waals surface area contributed by atoms with Crippen molar-refractivity contribution in [3.8, 4) is 0 Å². The molecule has 1 unspecified atom stereocenters. The van der Waals surface area contributed by atoms with Gasteiger partial charge in [-0.3, -0.25) is 0 Å². The second-order valence-electron chi connectivity index (χ2n) is 3.28. The Balaban J connectivity index is 2.24. The number of likely N-dealkylation sites (N-methyl/N-ethyl adjacent to an activating group) is 1. The topological polar surface area (TPSA) is 74.5 Å². The van der Waals surface area contributed by atoms with Gasteiger partial charge in [0, 0.05) is 37.1 Å². The number of nitrogens with one attached hydrogen (secondary N) is 3. The van der Waals surface area contributed by atoms with Gasteiger partial charge in [0.15, 0.2) is 0 Å². The van der Waals surface area contributed by atoms with Crippen molar-refractivity contribution in [2.75, 3.05) is 20.1 Å². The van der Waals surface area contributed by atoms with Crippen molar-refractivity contribution in [3.63, 3.8) is 0 Å². The lowest BCUT2D eigenvalue weighted by atomic mass is 10.1. The van der Waals surface area contributed by atoms with Gasteiger partial charge in [0.05, 0.1) is 6.34 Å². The monoisotopic (exact) mass is 193 g/mol. The molecule has 2 aliphatic heterocycles. The highest BCUT2D eigenvalue weighted by atomic mass is 15.1. The first-order valence-electron chi connectivity index (χ1n) is 4.67. The van der Waals surface area contributed by atoms with Gasteiger partial charge in [-0.25, -0.2) is 4.99 Å². The number of dihydropyridines is 1. The van der Waals surface area contributed by atoms with Crippen molar-refractivity contribution in [1.29, 1.82) is 0 Å². The van der Waals surface area contributed by atoms with E-state index < -0.39 is 0 Å². The van der Waals surface area contributed by atoms with Crippen molar-refractivity contribution < 1.29 is 0 Å². The molecule has 0 spiro atoms. The van der Waals surface area contributed by atoms with Crippen LogP contribution in [0.15, 0.2) is 28.0 Å². The minimum atomic E-state index is -0.0406. The number of hydrogen-bond donors (Lipinski definition) is 4. The fourth-order valence-corrected chi connectivity index (χ4v) is 1.81. The molecular weight excluding hydrogens is 178 g/mol. The van der Waals surface area contributed by atoms with E-state index in [0.717, 1.165) is 18.8 Å². The van der Waals surface area contributed by atoms with Gasteiger partial charge >= 0.3 is 0 Å². The number of rotatable bonds is 2. The maximum Gasteiger partial charge on any atom is 0.141 e. The Bertz CT molecular complexity index is 315. The minimum Gasteiger partial charge on any atom is -0.390 e. The van der Waals surface area contributed by atoms with E-state index in [-0.39, 0.29) is 6.17 Å². The van der Waals surface area contributed by atoms with Gasteiger partial charge in [-0.15, -0.1) is 0 Å². The predicted octanol–water partition coefficient (Wildman–Crippen LogP) is -1.14. The summed E-state index contributed by atoms with van der Waals surface area (Å²) in [5, 5.41) is 9.77. The van der Waals surface area contributed by atoms with E-state index in [2.05, 4.69) is 20.9 Å². The zero-order chi connectivity index (χ0) is 9.97. The third-order valence-corrected chi connectivity index (χ3v) is 2.46. The first-order chi connectivity index (χ1) is 6.85. The summed E-state index contributed by atoms with van der Waals surface area (Å²) in [6, 6.07) is 0. The van der Waals surface area contributed by atoms with Crippen molar-refractivity contribution in [2.45, 2.75) is 6.17 Å². The fraction of sp³-hybridized carbons (Fsp3) is 0.444. The summed E-state index contributed by atoms with van der Waals surface area (Å²) in [6.07, 6.45) is 3.32. The second kappa shape index (κ2) is 3.71. The summed E-state index contributed by atoms with van der Waals surface area (Å²) in [4.78, 5) is 4.11. The van der Waals surface area contributed by atoms with Crippen LogP contribution in [0.4, 0.5) is 0 Å². The number of aliphatic imine (C=N–C) groups is 1. The first kappa shape index (κ1) is 9.08. The minimum absolute atomic E-state index is 0.0406. The van der Waals surface area contributed by atoms with Crippen molar-refractivity contribution in [1.82, 2.24) is 16.0 Å². The molecular formula is C9H15N5. The largest absolute Gasteiger partial charge is 0.390 e. The van der Waals surface area contributed by atoms with E-state index in [1.165, 1.54) is 17.6 Å². The van der Waals surface area contributed by atoms with E-state index in [9.17, 15) is 0 Å². The van der Waals surface area contributed by atoms with Crippen LogP contribution < -0.4 is 21.7 Å². The molecule has 5 nitrogen and oxygen atoms in total. The third-order valence-electron chi connectivity index (χ3n) is 2.46. The molecule has 2 heterocycles. The summed E-state index contributed by atoms with van der Waals surface area (Å²) in [6.45, 7) is 1.79. The molecule has 2 aliphatic rings. The van der Waals surface area contributed by atoms with Crippen molar-refractivity contribution >= 4 is 6.34 Å². The molecule has 0 radical (unpaired) electrons. The van der Waals surface area contributed by atoms with E-state index in [1.54, 1.807) is 0 Å². The SMILES string of the molecule is CNC1=CC(/N=C\N)NC2=C1CNC2. The maximum absolute atomic E-state index is 5.27. The number of nitrogens with two attached hydrogens (primary N) is 1. The standard InChI is InChI=1S/C9H15N5/c1-11-7-2-9(13-5-10)14-8-4-12-3-6(7)8/h2,5,9,11-12,14H,3-4H2,1H3,(H2,10,13). The zero-order valence-corrected chi connectivity index (χ0v) is 8.17. The van der Waals surface area contributed by atoms with Crippen LogP contribution in [0.25, 0.3) is 0 Å². The van der Waals surface area contributed by atoms with E-state index >= 15 is 0 Å². The molecule has 0 aliphatic carbocycles. The quantitative estimate of drug-likeness (QED) is 0.330. The van der Waals surface area contributed by atoms with Gasteiger partial charge in [-0.1, -0.05) is 0 Å². The molecule has 14 heavy (non-hydrogen) atoms. The average molecular weight is 193 g/mol. The lowest BCUT2D eigenvalue weighted by Gasteiger charge is -2.22. The molecule has 0 saturated carbocycles. The van der Waals surface area contributed by atoms with Gasteiger partial charge in [-0.2, -0.15) is 0 Å². The Hall–Kier alpha value is -1.49. The molecule has 5 heteroatoms. The highest BCUT2D eigenvalue weighted by molar-refractivity contribution is 5.53. The van der Waals surface area contributed by atoms with Crippen molar-refractivity contribution in [3.05, 3.63) is 23.0 Å². The molecule has 0 aromatic carbocycles. The molecule has 5 N–H and O–H groups in total. The van der Waals surface area contributed by atoms with Crippen molar-refractivity contribution in [2.24, 2.45) is 10.7 Å². The summed E-state index contributed by atoms with van der Waals surface area (Å²) < 4.78 is 0. The highest BCUT2D eigenvalue weighted by Gasteiger charge is 2.23. The fourth-order valence-electron chi connectivity index (χ4n) is 1.81. The summed E-state index contributed by atoms with van der Waals surface area (Å²) >= 11 is 0. The van der Waals surface area contributed by atoms with E-state index in [0.29, 0.717) is 0 Å². The predicted molar refractivity (Wildman–Crippen MR) is 56.6 cm³/mol. The molecule has 0 bridgehead atoms. The molecule has 76 valence electrons. The molecule has 0 aromatic heterocycles. The van der Waals surface area contributed by atoms with Crippen LogP contribution >= 0.6 is 0 Å². The lowest BCUT2D eigenvalue weighted by molar-refractivity contribution is 0.664. The Morgan fingerprint density at radius 2 is 2.50 bits per heavy atom. The number of nitrogens with zero attached hydrogens (tertiary/aromatic N) is 1. The lowest BCUT2D eigenvalue weighted by Crippen LogP contribution is -2.33. The molecule has 0 aromatic rings. The van der Waals surface area contributed by atoms with Crippen LogP contribution in [0, 0.1) is 0 Å². The summed E-state index contributed by atoms with van der Waals surface area (Å²) in [5.74, 6) is 0.